The van der Waals surface area contributed by atoms with E-state index in [2.05, 4.69) is 5.32 Å². The standard InChI is InChI=1S/C17H22N2O3/c1-11(2)17(3,10-15(20)21)18-16(22)13-6-5-7-14-12(13)8-9-19(14)4/h5-9,11H,10H2,1-4H3,(H,18,22)(H,20,21). The lowest BCUT2D eigenvalue weighted by Crippen LogP contribution is -2.51. The topological polar surface area (TPSA) is 71.3 Å². The predicted molar refractivity (Wildman–Crippen MR) is 85.9 cm³/mol. The van der Waals surface area contributed by atoms with Gasteiger partial charge in [0.2, 0.25) is 0 Å². The average Bonchev–Trinajstić information content (AvgIpc) is 2.79. The van der Waals surface area contributed by atoms with Gasteiger partial charge in [-0.1, -0.05) is 19.9 Å². The lowest BCUT2D eigenvalue weighted by Gasteiger charge is -2.33. The number of hydrogen-bond donors (Lipinski definition) is 2. The molecule has 118 valence electrons. The van der Waals surface area contributed by atoms with Crippen molar-refractivity contribution in [2.45, 2.75) is 32.7 Å². The quantitative estimate of drug-likeness (QED) is 0.892. The number of amides is 1. The highest BCUT2D eigenvalue weighted by Crippen LogP contribution is 2.24. The Hall–Kier alpha value is -2.30. The molecule has 1 atom stereocenters. The molecule has 2 N–H and O–H groups in total. The molecule has 0 fully saturated rings. The second kappa shape index (κ2) is 5.83. The lowest BCUT2D eigenvalue weighted by molar-refractivity contribution is -0.138. The van der Waals surface area contributed by atoms with E-state index in [-0.39, 0.29) is 18.2 Å². The zero-order valence-electron chi connectivity index (χ0n) is 13.4. The van der Waals surface area contributed by atoms with Crippen molar-refractivity contribution in [2.75, 3.05) is 0 Å². The molecule has 2 rings (SSSR count). The highest BCUT2D eigenvalue weighted by molar-refractivity contribution is 6.06. The van der Waals surface area contributed by atoms with Crippen LogP contribution in [0.2, 0.25) is 0 Å². The molecule has 0 aliphatic heterocycles. The molecular formula is C17H22N2O3. The number of aliphatic carboxylic acids is 1. The first-order valence-electron chi connectivity index (χ1n) is 7.33. The molecule has 22 heavy (non-hydrogen) atoms. The Labute approximate surface area is 129 Å². The van der Waals surface area contributed by atoms with Gasteiger partial charge in [-0.05, 0) is 31.0 Å². The zero-order valence-corrected chi connectivity index (χ0v) is 13.4. The minimum atomic E-state index is -0.922. The molecule has 0 radical (unpaired) electrons. The van der Waals surface area contributed by atoms with Crippen LogP contribution in [0.5, 0.6) is 0 Å². The molecule has 2 aromatic rings. The van der Waals surface area contributed by atoms with Gasteiger partial charge >= 0.3 is 5.97 Å². The summed E-state index contributed by atoms with van der Waals surface area (Å²) < 4.78 is 1.95. The number of aromatic nitrogens is 1. The fourth-order valence-electron chi connectivity index (χ4n) is 2.53. The Kier molecular flexibility index (Phi) is 4.26. The summed E-state index contributed by atoms with van der Waals surface area (Å²) >= 11 is 0. The lowest BCUT2D eigenvalue weighted by atomic mass is 9.85. The van der Waals surface area contributed by atoms with E-state index < -0.39 is 11.5 Å². The summed E-state index contributed by atoms with van der Waals surface area (Å²) in [6.07, 6.45) is 1.79. The second-order valence-corrected chi connectivity index (χ2v) is 6.26. The van der Waals surface area contributed by atoms with Crippen LogP contribution in [-0.2, 0) is 11.8 Å². The Balaban J connectivity index is 2.35. The average molecular weight is 302 g/mol. The molecule has 1 unspecified atom stereocenters. The van der Waals surface area contributed by atoms with Crippen molar-refractivity contribution in [1.29, 1.82) is 0 Å². The highest BCUT2D eigenvalue weighted by atomic mass is 16.4. The van der Waals surface area contributed by atoms with Crippen molar-refractivity contribution >= 4 is 22.8 Å². The van der Waals surface area contributed by atoms with Gasteiger partial charge < -0.3 is 15.0 Å². The number of carbonyl (C=O) groups is 2. The van der Waals surface area contributed by atoms with Gasteiger partial charge in [0, 0.05) is 29.7 Å². The maximum absolute atomic E-state index is 12.7. The Morgan fingerprint density at radius 3 is 2.59 bits per heavy atom. The molecular weight excluding hydrogens is 280 g/mol. The fraction of sp³-hybridized carbons (Fsp3) is 0.412. The number of carbonyl (C=O) groups excluding carboxylic acids is 1. The van der Waals surface area contributed by atoms with Crippen molar-refractivity contribution in [3.05, 3.63) is 36.0 Å². The van der Waals surface area contributed by atoms with Crippen LogP contribution in [0.15, 0.2) is 30.5 Å². The molecule has 0 aliphatic rings. The summed E-state index contributed by atoms with van der Waals surface area (Å²) in [7, 11) is 1.92. The van der Waals surface area contributed by atoms with Crippen LogP contribution in [0.25, 0.3) is 10.9 Å². The third kappa shape index (κ3) is 2.98. The number of aryl methyl sites for hydroxylation is 1. The van der Waals surface area contributed by atoms with E-state index in [1.54, 1.807) is 13.0 Å². The summed E-state index contributed by atoms with van der Waals surface area (Å²) in [4.78, 5) is 23.8. The Morgan fingerprint density at radius 2 is 2.00 bits per heavy atom. The van der Waals surface area contributed by atoms with E-state index in [1.165, 1.54) is 0 Å². The van der Waals surface area contributed by atoms with Crippen LogP contribution < -0.4 is 5.32 Å². The summed E-state index contributed by atoms with van der Waals surface area (Å²) in [5.74, 6) is -1.16. The Bertz CT molecular complexity index is 718. The van der Waals surface area contributed by atoms with Crippen molar-refractivity contribution in [3.8, 4) is 0 Å². The number of nitrogens with zero attached hydrogens (tertiary/aromatic N) is 1. The third-order valence-electron chi connectivity index (χ3n) is 4.36. The molecule has 1 aromatic heterocycles. The second-order valence-electron chi connectivity index (χ2n) is 6.26. The minimum absolute atomic E-state index is 0.00234. The van der Waals surface area contributed by atoms with E-state index in [9.17, 15) is 9.59 Å². The maximum Gasteiger partial charge on any atom is 0.305 e. The van der Waals surface area contributed by atoms with Gasteiger partial charge in [-0.15, -0.1) is 0 Å². The molecule has 5 heteroatoms. The molecule has 5 nitrogen and oxygen atoms in total. The monoisotopic (exact) mass is 302 g/mol. The van der Waals surface area contributed by atoms with Crippen LogP contribution in [-0.4, -0.2) is 27.1 Å². The van der Waals surface area contributed by atoms with E-state index in [1.807, 2.05) is 49.9 Å². The van der Waals surface area contributed by atoms with Crippen LogP contribution in [0.1, 0.15) is 37.6 Å². The van der Waals surface area contributed by atoms with Crippen molar-refractivity contribution < 1.29 is 14.7 Å². The molecule has 1 aromatic carbocycles. The summed E-state index contributed by atoms with van der Waals surface area (Å²) in [6.45, 7) is 5.59. The third-order valence-corrected chi connectivity index (χ3v) is 4.36. The van der Waals surface area contributed by atoms with Crippen molar-refractivity contribution in [1.82, 2.24) is 9.88 Å². The number of carboxylic acid groups (broad SMARTS) is 1. The molecule has 1 amide bonds. The SMILES string of the molecule is CC(C)C(C)(CC(=O)O)NC(=O)c1cccc2c1ccn2C. The first-order valence-corrected chi connectivity index (χ1v) is 7.33. The van der Waals surface area contributed by atoms with Crippen LogP contribution in [0.3, 0.4) is 0 Å². The van der Waals surface area contributed by atoms with Gasteiger partial charge in [0.25, 0.3) is 5.91 Å². The van der Waals surface area contributed by atoms with Gasteiger partial charge in [0.15, 0.2) is 0 Å². The summed E-state index contributed by atoms with van der Waals surface area (Å²) in [6, 6.07) is 7.44. The molecule has 0 spiro atoms. The van der Waals surface area contributed by atoms with Crippen LogP contribution in [0, 0.1) is 5.92 Å². The van der Waals surface area contributed by atoms with Gasteiger partial charge in [-0.25, -0.2) is 0 Å². The number of benzene rings is 1. The summed E-state index contributed by atoms with van der Waals surface area (Å²) in [5, 5.41) is 12.9. The zero-order chi connectivity index (χ0) is 16.5. The molecule has 0 bridgehead atoms. The molecule has 0 saturated carbocycles. The van der Waals surface area contributed by atoms with Gasteiger partial charge in [-0.3, -0.25) is 9.59 Å². The van der Waals surface area contributed by atoms with Crippen molar-refractivity contribution in [2.24, 2.45) is 13.0 Å². The maximum atomic E-state index is 12.7. The van der Waals surface area contributed by atoms with E-state index in [0.717, 1.165) is 10.9 Å². The number of hydrogen-bond acceptors (Lipinski definition) is 2. The van der Waals surface area contributed by atoms with E-state index in [0.29, 0.717) is 5.56 Å². The van der Waals surface area contributed by atoms with E-state index in [4.69, 9.17) is 5.11 Å². The van der Waals surface area contributed by atoms with Gasteiger partial charge in [-0.2, -0.15) is 0 Å². The molecule has 1 heterocycles. The minimum Gasteiger partial charge on any atom is -0.481 e. The summed E-state index contributed by atoms with van der Waals surface area (Å²) in [5.41, 5.74) is 0.743. The number of nitrogens with one attached hydrogen (secondary N) is 1. The first-order chi connectivity index (χ1) is 10.2. The number of carboxylic acids is 1. The largest absolute Gasteiger partial charge is 0.481 e. The first kappa shape index (κ1) is 16.1. The van der Waals surface area contributed by atoms with Crippen molar-refractivity contribution in [3.63, 3.8) is 0 Å². The van der Waals surface area contributed by atoms with E-state index >= 15 is 0 Å². The fourth-order valence-corrected chi connectivity index (χ4v) is 2.53. The Morgan fingerprint density at radius 1 is 1.32 bits per heavy atom. The number of fused-ring (bicyclic) bond motifs is 1. The normalized spacial score (nSPS) is 14.0. The predicted octanol–water partition coefficient (Wildman–Crippen LogP) is 2.80. The van der Waals surface area contributed by atoms with Gasteiger partial charge in [0.05, 0.1) is 12.0 Å². The number of rotatable bonds is 5. The molecule has 0 aliphatic carbocycles. The smallest absolute Gasteiger partial charge is 0.305 e. The highest BCUT2D eigenvalue weighted by Gasteiger charge is 2.33. The van der Waals surface area contributed by atoms with Crippen LogP contribution in [0.4, 0.5) is 0 Å². The van der Waals surface area contributed by atoms with Gasteiger partial charge in [0.1, 0.15) is 0 Å². The van der Waals surface area contributed by atoms with Crippen LogP contribution >= 0.6 is 0 Å². The molecule has 0 saturated heterocycles.